The van der Waals surface area contributed by atoms with Crippen molar-refractivity contribution in [2.75, 3.05) is 0 Å². The van der Waals surface area contributed by atoms with E-state index in [1.807, 2.05) is 0 Å². The van der Waals surface area contributed by atoms with E-state index in [-0.39, 0.29) is 24.0 Å². The monoisotopic (exact) mass is 344 g/mol. The number of carboxylic acids is 4. The van der Waals surface area contributed by atoms with Crippen molar-refractivity contribution in [2.24, 2.45) is 10.8 Å². The summed E-state index contributed by atoms with van der Waals surface area (Å²) in [5, 5.41) is 34.5. The van der Waals surface area contributed by atoms with Crippen molar-refractivity contribution in [3.05, 3.63) is 24.3 Å². The maximum absolute atomic E-state index is 10.9. The van der Waals surface area contributed by atoms with Crippen molar-refractivity contribution in [1.29, 1.82) is 0 Å². The summed E-state index contributed by atoms with van der Waals surface area (Å²) in [6, 6.07) is 0. The van der Waals surface area contributed by atoms with E-state index in [9.17, 15) is 19.2 Å². The largest absolute Gasteiger partial charge is 0.481 e. The van der Waals surface area contributed by atoms with Crippen LogP contribution in [-0.4, -0.2) is 44.3 Å². The third kappa shape index (κ3) is 5.22. The van der Waals surface area contributed by atoms with Crippen molar-refractivity contribution >= 4 is 23.9 Å². The zero-order valence-corrected chi connectivity index (χ0v) is 14.3. The van der Waals surface area contributed by atoms with Gasteiger partial charge in [-0.25, -0.2) is 9.59 Å². The van der Waals surface area contributed by atoms with Crippen LogP contribution in [0.3, 0.4) is 0 Å². The first-order valence-electron chi connectivity index (χ1n) is 7.04. The first kappa shape index (κ1) is 23.6. The maximum atomic E-state index is 10.9. The van der Waals surface area contributed by atoms with Crippen molar-refractivity contribution < 1.29 is 39.6 Å². The fourth-order valence-corrected chi connectivity index (χ4v) is 1.71. The first-order valence-corrected chi connectivity index (χ1v) is 7.04. The zero-order chi connectivity index (χ0) is 19.9. The lowest BCUT2D eigenvalue weighted by molar-refractivity contribution is -0.150. The van der Waals surface area contributed by atoms with Crippen LogP contribution in [0.2, 0.25) is 0 Å². The smallest absolute Gasteiger partial charge is 0.332 e. The van der Waals surface area contributed by atoms with Crippen LogP contribution < -0.4 is 0 Å². The second kappa shape index (κ2) is 8.85. The molecule has 0 spiro atoms. The van der Waals surface area contributed by atoms with E-state index in [2.05, 4.69) is 13.2 Å². The molecule has 0 rings (SSSR count). The van der Waals surface area contributed by atoms with Gasteiger partial charge in [-0.3, -0.25) is 9.59 Å². The summed E-state index contributed by atoms with van der Waals surface area (Å²) < 4.78 is 0. The minimum absolute atomic E-state index is 0.240. The normalized spacial score (nSPS) is 10.8. The van der Waals surface area contributed by atoms with Crippen LogP contribution in [0.25, 0.3) is 0 Å². The molecule has 0 bridgehead atoms. The van der Waals surface area contributed by atoms with E-state index in [1.165, 1.54) is 13.8 Å². The molecule has 0 fully saturated rings. The second-order valence-corrected chi connectivity index (χ2v) is 5.59. The van der Waals surface area contributed by atoms with Crippen LogP contribution in [-0.2, 0) is 19.2 Å². The van der Waals surface area contributed by atoms with Gasteiger partial charge < -0.3 is 20.4 Å². The third-order valence-electron chi connectivity index (χ3n) is 4.00. The number of hydrogen-bond acceptors (Lipinski definition) is 4. The zero-order valence-electron chi connectivity index (χ0n) is 14.3. The van der Waals surface area contributed by atoms with E-state index in [0.29, 0.717) is 0 Å². The minimum atomic E-state index is -1.40. The van der Waals surface area contributed by atoms with Crippen LogP contribution in [0.1, 0.15) is 40.5 Å². The van der Waals surface area contributed by atoms with Gasteiger partial charge >= 0.3 is 23.9 Å². The maximum Gasteiger partial charge on any atom is 0.332 e. The SMILES string of the molecule is C=C(C(=O)O)C(C)(C)C(=O)O.C=C(C(=O)O)C(CC)(CC)C(=O)O. The molecule has 8 heteroatoms. The second-order valence-electron chi connectivity index (χ2n) is 5.59. The van der Waals surface area contributed by atoms with Gasteiger partial charge in [0.2, 0.25) is 0 Å². The lowest BCUT2D eigenvalue weighted by Crippen LogP contribution is -2.34. The number of aliphatic carboxylic acids is 4. The van der Waals surface area contributed by atoms with E-state index >= 15 is 0 Å². The summed E-state index contributed by atoms with van der Waals surface area (Å²) in [6.07, 6.45) is 0.480. The van der Waals surface area contributed by atoms with Gasteiger partial charge in [-0.15, -0.1) is 0 Å². The first-order chi connectivity index (χ1) is 10.7. The van der Waals surface area contributed by atoms with Gasteiger partial charge in [0.15, 0.2) is 0 Å². The molecule has 0 aromatic carbocycles. The highest BCUT2D eigenvalue weighted by Gasteiger charge is 2.41. The van der Waals surface area contributed by atoms with Crippen LogP contribution in [0.15, 0.2) is 24.3 Å². The fraction of sp³-hybridized carbons (Fsp3) is 0.500. The number of hydrogen-bond donors (Lipinski definition) is 4. The summed E-state index contributed by atoms with van der Waals surface area (Å²) in [4.78, 5) is 42.2. The van der Waals surface area contributed by atoms with Gasteiger partial charge in [-0.1, -0.05) is 27.0 Å². The molecule has 8 nitrogen and oxygen atoms in total. The van der Waals surface area contributed by atoms with Gasteiger partial charge in [0.05, 0.1) is 10.8 Å². The Morgan fingerprint density at radius 1 is 0.750 bits per heavy atom. The molecule has 0 saturated carbocycles. The quantitative estimate of drug-likeness (QED) is 0.490. The molecule has 0 unspecified atom stereocenters. The molecule has 0 aromatic rings. The Bertz CT molecular complexity index is 552. The Morgan fingerprint density at radius 3 is 1.17 bits per heavy atom. The van der Waals surface area contributed by atoms with Gasteiger partial charge in [-0.05, 0) is 26.7 Å². The summed E-state index contributed by atoms with van der Waals surface area (Å²) in [5.74, 6) is -4.83. The van der Waals surface area contributed by atoms with Crippen LogP contribution in [0.4, 0.5) is 0 Å². The molecule has 0 aromatic heterocycles. The molecule has 0 aliphatic rings. The molecular formula is C16H24O8. The summed E-state index contributed by atoms with van der Waals surface area (Å²) in [6.45, 7) is 12.4. The highest BCUT2D eigenvalue weighted by atomic mass is 16.4. The van der Waals surface area contributed by atoms with Crippen molar-refractivity contribution in [1.82, 2.24) is 0 Å². The Kier molecular flexibility index (Phi) is 8.71. The Hall–Kier alpha value is -2.64. The minimum Gasteiger partial charge on any atom is -0.481 e. The summed E-state index contributed by atoms with van der Waals surface area (Å²) >= 11 is 0. The van der Waals surface area contributed by atoms with Gasteiger partial charge in [0, 0.05) is 11.1 Å². The van der Waals surface area contributed by atoms with Crippen molar-refractivity contribution in [3.8, 4) is 0 Å². The molecule has 136 valence electrons. The topological polar surface area (TPSA) is 149 Å². The highest BCUT2D eigenvalue weighted by molar-refractivity contribution is 5.96. The highest BCUT2D eigenvalue weighted by Crippen LogP contribution is 2.34. The van der Waals surface area contributed by atoms with Gasteiger partial charge in [0.25, 0.3) is 0 Å². The predicted octanol–water partition coefficient (Wildman–Crippen LogP) is 2.26. The van der Waals surface area contributed by atoms with Crippen LogP contribution in [0, 0.1) is 10.8 Å². The number of carbonyl (C=O) groups is 4. The van der Waals surface area contributed by atoms with Crippen LogP contribution in [0.5, 0.6) is 0 Å². The third-order valence-corrected chi connectivity index (χ3v) is 4.00. The molecule has 24 heavy (non-hydrogen) atoms. The van der Waals surface area contributed by atoms with Crippen molar-refractivity contribution in [2.45, 2.75) is 40.5 Å². The average Bonchev–Trinajstić information content (AvgIpc) is 2.47. The Labute approximate surface area is 140 Å². The Morgan fingerprint density at radius 2 is 1.08 bits per heavy atom. The van der Waals surface area contributed by atoms with E-state index in [1.54, 1.807) is 13.8 Å². The number of carboxylic acid groups (broad SMARTS) is 4. The lowest BCUT2D eigenvalue weighted by Gasteiger charge is -2.26. The molecule has 0 aliphatic carbocycles. The fourth-order valence-electron chi connectivity index (χ4n) is 1.71. The molecule has 0 heterocycles. The average molecular weight is 344 g/mol. The summed E-state index contributed by atoms with van der Waals surface area (Å²) in [5.41, 5.74) is -3.27. The lowest BCUT2D eigenvalue weighted by atomic mass is 9.76. The predicted molar refractivity (Wildman–Crippen MR) is 85.6 cm³/mol. The van der Waals surface area contributed by atoms with E-state index in [0.717, 1.165) is 0 Å². The molecule has 0 atom stereocenters. The standard InChI is InChI=1S/C9H14O4.C7H10O4/c1-4-9(5-2,8(12)13)6(3)7(10)11;1-4(5(8)9)7(2,3)6(10)11/h3-5H2,1-2H3,(H,10,11)(H,12,13);1H2,2-3H3,(H,8,9)(H,10,11). The molecule has 0 amide bonds. The van der Waals surface area contributed by atoms with Gasteiger partial charge in [0.1, 0.15) is 0 Å². The van der Waals surface area contributed by atoms with Crippen LogP contribution >= 0.6 is 0 Å². The van der Waals surface area contributed by atoms with Crippen molar-refractivity contribution in [3.63, 3.8) is 0 Å². The molecule has 0 aliphatic heterocycles. The summed E-state index contributed by atoms with van der Waals surface area (Å²) in [7, 11) is 0. The number of rotatable bonds is 8. The van der Waals surface area contributed by atoms with E-state index < -0.39 is 34.7 Å². The molecule has 0 radical (unpaired) electrons. The molecule has 0 saturated heterocycles. The Balaban J connectivity index is 0. The molecular weight excluding hydrogens is 320 g/mol. The molecule has 4 N–H and O–H groups in total. The van der Waals surface area contributed by atoms with E-state index in [4.69, 9.17) is 20.4 Å². The van der Waals surface area contributed by atoms with Gasteiger partial charge in [-0.2, -0.15) is 0 Å².